The molecule has 1 heterocycles. The summed E-state index contributed by atoms with van der Waals surface area (Å²) in [6.07, 6.45) is 42.0. The molecule has 0 aromatic carbocycles. The maximum atomic E-state index is 12.3. The average molecular weight is 604 g/mol. The highest BCUT2D eigenvalue weighted by molar-refractivity contribution is 5.83. The van der Waals surface area contributed by atoms with Crippen molar-refractivity contribution in [2.45, 2.75) is 213 Å². The highest BCUT2D eigenvalue weighted by Gasteiger charge is 2.16. The average Bonchev–Trinajstić information content (AvgIpc) is 3.46. The molecule has 1 rings (SSSR count). The second-order valence-corrected chi connectivity index (χ2v) is 13.7. The summed E-state index contributed by atoms with van der Waals surface area (Å²) in [6, 6.07) is 0. The van der Waals surface area contributed by atoms with Crippen molar-refractivity contribution in [3.63, 3.8) is 0 Å². The number of amides is 1. The first-order valence-corrected chi connectivity index (χ1v) is 19.8. The quantitative estimate of drug-likeness (QED) is 0.0743. The largest absolute Gasteiger partial charge is 0.357 e. The summed E-state index contributed by atoms with van der Waals surface area (Å²) in [4.78, 5) is 19.5. The number of hydrogen-bond donors (Lipinski definition) is 1. The fraction of sp³-hybridized carbons (Fsp3) is 0.949. The standard InChI is InChI=1S/C39H77N3O/c1-3-5-7-9-11-13-15-17-18-19-21-22-24-26-28-30-32-38-40-34-36-42(38)37-35-41-39(43)33-31-29-27-25-23-20-16-14-12-10-8-6-4-2/h3-37H2,1-2H3,(H,41,43). The second-order valence-electron chi connectivity index (χ2n) is 13.7. The minimum Gasteiger partial charge on any atom is -0.357 e. The number of nitrogens with one attached hydrogen (secondary N) is 1. The minimum absolute atomic E-state index is 0.235. The van der Waals surface area contributed by atoms with Gasteiger partial charge in [-0.1, -0.05) is 187 Å². The van der Waals surface area contributed by atoms with Crippen molar-refractivity contribution in [2.24, 2.45) is 4.99 Å². The van der Waals surface area contributed by atoms with Gasteiger partial charge in [0.15, 0.2) is 0 Å². The van der Waals surface area contributed by atoms with Crippen LogP contribution in [-0.2, 0) is 4.79 Å². The van der Waals surface area contributed by atoms with Crippen LogP contribution >= 0.6 is 0 Å². The molecular formula is C39H77N3O. The van der Waals surface area contributed by atoms with Crippen molar-refractivity contribution >= 4 is 11.7 Å². The molecule has 43 heavy (non-hydrogen) atoms. The van der Waals surface area contributed by atoms with E-state index in [1.54, 1.807) is 0 Å². The Bertz CT molecular complexity index is 620. The van der Waals surface area contributed by atoms with Crippen LogP contribution in [0.15, 0.2) is 4.99 Å². The lowest BCUT2D eigenvalue weighted by atomic mass is 10.0. The zero-order chi connectivity index (χ0) is 30.9. The van der Waals surface area contributed by atoms with E-state index in [-0.39, 0.29) is 5.91 Å². The molecule has 0 aromatic heterocycles. The fourth-order valence-corrected chi connectivity index (χ4v) is 6.56. The molecule has 0 fully saturated rings. The molecule has 0 saturated heterocycles. The molecule has 4 heteroatoms. The predicted molar refractivity (Wildman–Crippen MR) is 191 cm³/mol. The molecule has 1 aliphatic heterocycles. The fourth-order valence-electron chi connectivity index (χ4n) is 6.56. The molecule has 4 nitrogen and oxygen atoms in total. The number of carbonyl (C=O) groups is 1. The van der Waals surface area contributed by atoms with Crippen molar-refractivity contribution < 1.29 is 4.79 Å². The molecule has 0 aromatic rings. The Kier molecular flexibility index (Phi) is 30.1. The summed E-state index contributed by atoms with van der Waals surface area (Å²) in [6.45, 7) is 8.22. The van der Waals surface area contributed by atoms with Gasteiger partial charge in [-0.2, -0.15) is 0 Å². The van der Waals surface area contributed by atoms with Gasteiger partial charge in [-0.3, -0.25) is 9.79 Å². The van der Waals surface area contributed by atoms with E-state index < -0.39 is 0 Å². The van der Waals surface area contributed by atoms with Crippen molar-refractivity contribution in [2.75, 3.05) is 26.2 Å². The minimum atomic E-state index is 0.235. The van der Waals surface area contributed by atoms with Gasteiger partial charge in [-0.05, 0) is 12.8 Å². The van der Waals surface area contributed by atoms with Crippen molar-refractivity contribution in [1.82, 2.24) is 10.2 Å². The highest BCUT2D eigenvalue weighted by atomic mass is 16.1. The third-order valence-electron chi connectivity index (χ3n) is 9.49. The zero-order valence-electron chi connectivity index (χ0n) is 29.6. The lowest BCUT2D eigenvalue weighted by Crippen LogP contribution is -2.36. The first-order chi connectivity index (χ1) is 21.3. The summed E-state index contributed by atoms with van der Waals surface area (Å²) in [7, 11) is 0. The monoisotopic (exact) mass is 604 g/mol. The van der Waals surface area contributed by atoms with Gasteiger partial charge in [0.1, 0.15) is 0 Å². The SMILES string of the molecule is CCCCCCCCCCCCCCCCCCC1=NCCN1CCNC(=O)CCCCCCCCCCCCCCC. The maximum absolute atomic E-state index is 12.3. The van der Waals surface area contributed by atoms with Crippen LogP contribution in [0.25, 0.3) is 0 Å². The van der Waals surface area contributed by atoms with Crippen LogP contribution in [0.3, 0.4) is 0 Å². The van der Waals surface area contributed by atoms with Crippen LogP contribution in [0, 0.1) is 0 Å². The number of hydrogen-bond acceptors (Lipinski definition) is 3. The van der Waals surface area contributed by atoms with E-state index in [9.17, 15) is 4.79 Å². The van der Waals surface area contributed by atoms with Gasteiger partial charge < -0.3 is 10.2 Å². The molecule has 1 amide bonds. The van der Waals surface area contributed by atoms with Crippen LogP contribution in [0.2, 0.25) is 0 Å². The van der Waals surface area contributed by atoms with Crippen molar-refractivity contribution in [3.8, 4) is 0 Å². The summed E-state index contributed by atoms with van der Waals surface area (Å²) < 4.78 is 0. The molecule has 0 saturated carbocycles. The smallest absolute Gasteiger partial charge is 0.220 e. The number of aliphatic imine (C=N–C) groups is 1. The number of nitrogens with zero attached hydrogens (tertiary/aromatic N) is 2. The van der Waals surface area contributed by atoms with Gasteiger partial charge >= 0.3 is 0 Å². The summed E-state index contributed by atoms with van der Waals surface area (Å²) in [5.74, 6) is 1.52. The van der Waals surface area contributed by atoms with Crippen LogP contribution in [-0.4, -0.2) is 42.8 Å². The predicted octanol–water partition coefficient (Wildman–Crippen LogP) is 11.9. The highest BCUT2D eigenvalue weighted by Crippen LogP contribution is 2.16. The molecule has 0 aliphatic carbocycles. The molecule has 1 aliphatic rings. The van der Waals surface area contributed by atoms with E-state index in [4.69, 9.17) is 4.99 Å². The summed E-state index contributed by atoms with van der Waals surface area (Å²) in [5.41, 5.74) is 0. The normalized spacial score (nSPS) is 13.2. The lowest BCUT2D eigenvalue weighted by molar-refractivity contribution is -0.121. The van der Waals surface area contributed by atoms with E-state index in [0.29, 0.717) is 6.42 Å². The Labute approximate surface area is 270 Å². The summed E-state index contributed by atoms with van der Waals surface area (Å²) >= 11 is 0. The second kappa shape index (κ2) is 32.3. The number of amidine groups is 1. The first kappa shape index (κ1) is 40.0. The zero-order valence-corrected chi connectivity index (χ0v) is 29.6. The van der Waals surface area contributed by atoms with E-state index >= 15 is 0 Å². The molecular weight excluding hydrogens is 526 g/mol. The molecule has 1 N–H and O–H groups in total. The van der Waals surface area contributed by atoms with Crippen LogP contribution in [0.5, 0.6) is 0 Å². The van der Waals surface area contributed by atoms with E-state index in [1.165, 1.54) is 186 Å². The van der Waals surface area contributed by atoms with Gasteiger partial charge in [-0.15, -0.1) is 0 Å². The lowest BCUT2D eigenvalue weighted by Gasteiger charge is -2.20. The Morgan fingerprint density at radius 2 is 0.930 bits per heavy atom. The van der Waals surface area contributed by atoms with Gasteiger partial charge in [0.2, 0.25) is 5.91 Å². The van der Waals surface area contributed by atoms with Gasteiger partial charge in [0.25, 0.3) is 0 Å². The van der Waals surface area contributed by atoms with Crippen LogP contribution in [0.1, 0.15) is 213 Å². The molecule has 0 atom stereocenters. The molecule has 0 unspecified atom stereocenters. The molecule has 0 radical (unpaired) electrons. The van der Waals surface area contributed by atoms with E-state index in [1.807, 2.05) is 0 Å². The first-order valence-electron chi connectivity index (χ1n) is 19.8. The van der Waals surface area contributed by atoms with Gasteiger partial charge in [0, 0.05) is 32.5 Å². The molecule has 0 spiro atoms. The van der Waals surface area contributed by atoms with Crippen molar-refractivity contribution in [3.05, 3.63) is 0 Å². The Hall–Kier alpha value is -1.06. The Balaban J connectivity index is 1.85. The number of rotatable bonds is 34. The third-order valence-corrected chi connectivity index (χ3v) is 9.49. The van der Waals surface area contributed by atoms with Gasteiger partial charge in [0.05, 0.1) is 12.4 Å². The van der Waals surface area contributed by atoms with Crippen LogP contribution < -0.4 is 5.32 Å². The topological polar surface area (TPSA) is 44.7 Å². The summed E-state index contributed by atoms with van der Waals surface area (Å²) in [5, 5.41) is 3.16. The Morgan fingerprint density at radius 3 is 1.35 bits per heavy atom. The van der Waals surface area contributed by atoms with Crippen LogP contribution in [0.4, 0.5) is 0 Å². The van der Waals surface area contributed by atoms with Gasteiger partial charge in [-0.25, -0.2) is 0 Å². The number of unbranched alkanes of at least 4 members (excludes halogenated alkanes) is 27. The third kappa shape index (κ3) is 27.0. The Morgan fingerprint density at radius 1 is 0.558 bits per heavy atom. The maximum Gasteiger partial charge on any atom is 0.220 e. The van der Waals surface area contributed by atoms with E-state index in [2.05, 4.69) is 24.1 Å². The molecule has 254 valence electrons. The molecule has 0 bridgehead atoms. The van der Waals surface area contributed by atoms with Crippen molar-refractivity contribution in [1.29, 1.82) is 0 Å². The van der Waals surface area contributed by atoms with E-state index in [0.717, 1.165) is 39.0 Å². The number of carbonyl (C=O) groups excluding carboxylic acids is 1.